The zero-order valence-electron chi connectivity index (χ0n) is 8.96. The molecule has 0 fully saturated rings. The number of rotatable bonds is 3. The van der Waals surface area contributed by atoms with E-state index in [0.717, 1.165) is 14.5 Å². The van der Waals surface area contributed by atoms with E-state index < -0.39 is 0 Å². The van der Waals surface area contributed by atoms with E-state index in [1.165, 1.54) is 0 Å². The molecule has 0 aliphatic heterocycles. The molecule has 18 heavy (non-hydrogen) atoms. The number of nitrogens with zero attached hydrogens (tertiary/aromatic N) is 1. The molecule has 0 aliphatic rings. The number of halogens is 4. The second-order valence-corrected chi connectivity index (χ2v) is 5.90. The van der Waals surface area contributed by atoms with Gasteiger partial charge < -0.3 is 4.74 Å². The van der Waals surface area contributed by atoms with Gasteiger partial charge >= 0.3 is 0 Å². The summed E-state index contributed by atoms with van der Waals surface area (Å²) < 4.78 is 7.35. The maximum absolute atomic E-state index is 5.87. The van der Waals surface area contributed by atoms with Crippen LogP contribution in [-0.2, 0) is 5.88 Å². The normalized spacial score (nSPS) is 10.4. The highest BCUT2D eigenvalue weighted by Gasteiger charge is 2.09. The molecule has 1 aromatic heterocycles. The average Bonchev–Trinajstić information content (AvgIpc) is 2.34. The number of alkyl halides is 1. The Balaban J connectivity index is 2.33. The Morgan fingerprint density at radius 3 is 2.67 bits per heavy atom. The first-order chi connectivity index (χ1) is 8.60. The van der Waals surface area contributed by atoms with E-state index in [2.05, 4.69) is 36.8 Å². The summed E-state index contributed by atoms with van der Waals surface area (Å²) in [6, 6.07) is 7.16. The number of benzene rings is 1. The lowest BCUT2D eigenvalue weighted by Crippen LogP contribution is -1.93. The van der Waals surface area contributed by atoms with Crippen LogP contribution in [0.4, 0.5) is 0 Å². The Kier molecular flexibility index (Phi) is 4.90. The van der Waals surface area contributed by atoms with Crippen LogP contribution in [0.2, 0.25) is 5.02 Å². The van der Waals surface area contributed by atoms with Gasteiger partial charge in [-0.15, -0.1) is 11.6 Å². The summed E-state index contributed by atoms with van der Waals surface area (Å²) >= 11 is 18.5. The average molecular weight is 412 g/mol. The first-order valence-electron chi connectivity index (χ1n) is 4.93. The Morgan fingerprint density at radius 1 is 1.22 bits per heavy atom. The van der Waals surface area contributed by atoms with Crippen molar-refractivity contribution < 1.29 is 4.74 Å². The van der Waals surface area contributed by atoms with Gasteiger partial charge in [-0.3, -0.25) is 0 Å². The third-order valence-electron chi connectivity index (χ3n) is 2.14. The Labute approximate surface area is 132 Å². The van der Waals surface area contributed by atoms with Gasteiger partial charge in [0.1, 0.15) is 5.75 Å². The first-order valence-corrected chi connectivity index (χ1v) is 7.43. The third kappa shape index (κ3) is 3.38. The standard InChI is InChI=1S/C12H7Br2Cl2NO/c13-8-3-7(5-15)12(17-6-8)18-11-2-1-9(16)4-10(11)14/h1-4,6H,5H2. The number of ether oxygens (including phenoxy) is 1. The summed E-state index contributed by atoms with van der Waals surface area (Å²) in [4.78, 5) is 4.20. The number of pyridine rings is 1. The quantitative estimate of drug-likeness (QED) is 0.596. The Morgan fingerprint density at radius 2 is 2.00 bits per heavy atom. The number of hydrogen-bond donors (Lipinski definition) is 0. The molecule has 2 aromatic rings. The summed E-state index contributed by atoms with van der Waals surface area (Å²) in [5.74, 6) is 1.45. The van der Waals surface area contributed by atoms with Crippen LogP contribution in [0.25, 0.3) is 0 Å². The summed E-state index contributed by atoms with van der Waals surface area (Å²) in [5, 5.41) is 0.635. The second-order valence-electron chi connectivity index (χ2n) is 3.43. The van der Waals surface area contributed by atoms with Crippen LogP contribution >= 0.6 is 55.1 Å². The van der Waals surface area contributed by atoms with Gasteiger partial charge in [-0.05, 0) is 56.1 Å². The van der Waals surface area contributed by atoms with Crippen molar-refractivity contribution >= 4 is 55.1 Å². The molecule has 0 amide bonds. The van der Waals surface area contributed by atoms with Gasteiger partial charge in [0.25, 0.3) is 0 Å². The highest BCUT2D eigenvalue weighted by Crippen LogP contribution is 2.33. The van der Waals surface area contributed by atoms with Gasteiger partial charge in [0.2, 0.25) is 5.88 Å². The molecule has 0 saturated heterocycles. The molecule has 0 atom stereocenters. The molecule has 0 N–H and O–H groups in total. The molecule has 6 heteroatoms. The number of aromatic nitrogens is 1. The van der Waals surface area contributed by atoms with E-state index >= 15 is 0 Å². The maximum atomic E-state index is 5.87. The van der Waals surface area contributed by atoms with Crippen LogP contribution in [0.15, 0.2) is 39.4 Å². The molecule has 0 spiro atoms. The van der Waals surface area contributed by atoms with Gasteiger partial charge in [0.15, 0.2) is 0 Å². The molecule has 2 nitrogen and oxygen atoms in total. The Bertz CT molecular complexity index is 578. The molecule has 2 rings (SSSR count). The minimum atomic E-state index is 0.326. The van der Waals surface area contributed by atoms with Crippen molar-refractivity contribution in [3.05, 3.63) is 50.0 Å². The van der Waals surface area contributed by atoms with Crippen molar-refractivity contribution in [2.45, 2.75) is 5.88 Å². The lowest BCUT2D eigenvalue weighted by Gasteiger charge is -2.10. The minimum Gasteiger partial charge on any atom is -0.438 e. The maximum Gasteiger partial charge on any atom is 0.223 e. The molecule has 0 bridgehead atoms. The highest BCUT2D eigenvalue weighted by molar-refractivity contribution is 9.10. The molecule has 1 heterocycles. The van der Waals surface area contributed by atoms with Gasteiger partial charge in [-0.2, -0.15) is 0 Å². The number of hydrogen-bond acceptors (Lipinski definition) is 2. The molecule has 0 radical (unpaired) electrons. The van der Waals surface area contributed by atoms with Crippen molar-refractivity contribution in [2.24, 2.45) is 0 Å². The zero-order chi connectivity index (χ0) is 13.1. The summed E-state index contributed by atoms with van der Waals surface area (Å²) in [5.41, 5.74) is 0.813. The van der Waals surface area contributed by atoms with Crippen molar-refractivity contribution in [3.63, 3.8) is 0 Å². The highest BCUT2D eigenvalue weighted by atomic mass is 79.9. The van der Waals surface area contributed by atoms with Crippen molar-refractivity contribution in [1.82, 2.24) is 4.98 Å². The summed E-state index contributed by atoms with van der Waals surface area (Å²) in [6.07, 6.45) is 1.66. The van der Waals surface area contributed by atoms with E-state index in [0.29, 0.717) is 22.5 Å². The fourth-order valence-corrected chi connectivity index (χ4v) is 2.65. The molecule has 0 unspecified atom stereocenters. The van der Waals surface area contributed by atoms with Crippen molar-refractivity contribution in [1.29, 1.82) is 0 Å². The van der Waals surface area contributed by atoms with E-state index in [1.807, 2.05) is 6.07 Å². The van der Waals surface area contributed by atoms with Gasteiger partial charge in [0.05, 0.1) is 10.4 Å². The predicted molar refractivity (Wildman–Crippen MR) is 80.7 cm³/mol. The van der Waals surface area contributed by atoms with Crippen LogP contribution in [0, 0.1) is 0 Å². The molecule has 94 valence electrons. The zero-order valence-corrected chi connectivity index (χ0v) is 13.6. The summed E-state index contributed by atoms with van der Waals surface area (Å²) in [6.45, 7) is 0. The van der Waals surface area contributed by atoms with Gasteiger partial charge in [-0.1, -0.05) is 11.6 Å². The van der Waals surface area contributed by atoms with Gasteiger partial charge in [-0.25, -0.2) is 4.98 Å². The largest absolute Gasteiger partial charge is 0.438 e. The minimum absolute atomic E-state index is 0.326. The van der Waals surface area contributed by atoms with E-state index in [1.54, 1.807) is 24.4 Å². The molecule has 0 aliphatic carbocycles. The lowest BCUT2D eigenvalue weighted by atomic mass is 10.3. The van der Waals surface area contributed by atoms with Crippen LogP contribution < -0.4 is 4.74 Å². The lowest BCUT2D eigenvalue weighted by molar-refractivity contribution is 0.455. The van der Waals surface area contributed by atoms with Crippen molar-refractivity contribution in [2.75, 3.05) is 0 Å². The van der Waals surface area contributed by atoms with E-state index in [-0.39, 0.29) is 0 Å². The second kappa shape index (κ2) is 6.24. The third-order valence-corrected chi connectivity index (χ3v) is 3.71. The Hall–Kier alpha value is -0.290. The fourth-order valence-electron chi connectivity index (χ4n) is 1.32. The summed E-state index contributed by atoms with van der Waals surface area (Å²) in [7, 11) is 0. The SMILES string of the molecule is ClCc1cc(Br)cnc1Oc1ccc(Cl)cc1Br. The molecular formula is C12H7Br2Cl2NO. The topological polar surface area (TPSA) is 22.1 Å². The first kappa shape index (κ1) is 14.1. The fraction of sp³-hybridized carbons (Fsp3) is 0.0833. The van der Waals surface area contributed by atoms with E-state index in [4.69, 9.17) is 27.9 Å². The molecule has 0 saturated carbocycles. The monoisotopic (exact) mass is 409 g/mol. The van der Waals surface area contributed by atoms with E-state index in [9.17, 15) is 0 Å². The van der Waals surface area contributed by atoms with Crippen LogP contribution in [0.3, 0.4) is 0 Å². The molecular weight excluding hydrogens is 405 g/mol. The van der Waals surface area contributed by atoms with Crippen LogP contribution in [0.5, 0.6) is 11.6 Å². The van der Waals surface area contributed by atoms with Gasteiger partial charge in [0, 0.05) is 21.3 Å². The van der Waals surface area contributed by atoms with Crippen LogP contribution in [0.1, 0.15) is 5.56 Å². The van der Waals surface area contributed by atoms with Crippen molar-refractivity contribution in [3.8, 4) is 11.6 Å². The van der Waals surface area contributed by atoms with Crippen LogP contribution in [-0.4, -0.2) is 4.98 Å². The predicted octanol–water partition coefficient (Wildman–Crippen LogP) is 5.79. The smallest absolute Gasteiger partial charge is 0.223 e. The molecule has 1 aromatic carbocycles.